The van der Waals surface area contributed by atoms with E-state index in [1.54, 1.807) is 11.3 Å². The molecular weight excluding hydrogens is 268 g/mol. The van der Waals surface area contributed by atoms with E-state index in [2.05, 4.69) is 21.4 Å². The molecular formula is C8H11BrN2O2S. The molecule has 1 atom stereocenters. The number of carbonyl (C=O) groups is 1. The van der Waals surface area contributed by atoms with Crippen LogP contribution in [0.25, 0.3) is 0 Å². The lowest BCUT2D eigenvalue weighted by atomic mass is 10.3. The van der Waals surface area contributed by atoms with Crippen molar-refractivity contribution in [1.82, 2.24) is 5.48 Å². The number of amides is 1. The summed E-state index contributed by atoms with van der Waals surface area (Å²) >= 11 is 5.02. The maximum absolute atomic E-state index is 10.4. The fraction of sp³-hybridized carbons (Fsp3) is 0.375. The first-order chi connectivity index (χ1) is 6.61. The topological polar surface area (TPSA) is 64.3 Å². The molecule has 1 aromatic heterocycles. The molecule has 0 saturated carbocycles. The Bertz CT molecular complexity index is 316. The molecule has 0 aliphatic heterocycles. The first-order valence-electron chi connectivity index (χ1n) is 3.99. The fourth-order valence-electron chi connectivity index (χ4n) is 0.906. The van der Waals surface area contributed by atoms with Gasteiger partial charge < -0.3 is 5.73 Å². The Morgan fingerprint density at radius 1 is 1.86 bits per heavy atom. The van der Waals surface area contributed by atoms with Gasteiger partial charge in [0.2, 0.25) is 5.91 Å². The van der Waals surface area contributed by atoms with E-state index in [4.69, 9.17) is 10.6 Å². The van der Waals surface area contributed by atoms with Gasteiger partial charge in [-0.05, 0) is 34.3 Å². The molecule has 0 fully saturated rings. The largest absolute Gasteiger partial charge is 0.368 e. The van der Waals surface area contributed by atoms with Crippen molar-refractivity contribution in [3.8, 4) is 0 Å². The monoisotopic (exact) mass is 278 g/mol. The van der Waals surface area contributed by atoms with Gasteiger partial charge in [-0.15, -0.1) is 11.3 Å². The Balaban J connectivity index is 2.39. The summed E-state index contributed by atoms with van der Waals surface area (Å²) in [5, 5.41) is 1.98. The average molecular weight is 279 g/mol. The summed E-state index contributed by atoms with van der Waals surface area (Å²) in [6, 6.07) is 2.00. The van der Waals surface area contributed by atoms with Crippen LogP contribution in [0.15, 0.2) is 15.9 Å². The van der Waals surface area contributed by atoms with E-state index in [9.17, 15) is 4.79 Å². The van der Waals surface area contributed by atoms with Crippen LogP contribution in [0.1, 0.15) is 17.8 Å². The molecule has 14 heavy (non-hydrogen) atoms. The Kier molecular flexibility index (Phi) is 4.53. The van der Waals surface area contributed by atoms with Crippen LogP contribution in [-0.4, -0.2) is 12.5 Å². The van der Waals surface area contributed by atoms with Crippen LogP contribution in [0.2, 0.25) is 0 Å². The van der Waals surface area contributed by atoms with Gasteiger partial charge in [-0.1, -0.05) is 0 Å². The molecule has 0 aromatic carbocycles. The minimum Gasteiger partial charge on any atom is -0.368 e. The number of nitrogens with one attached hydrogen (secondary N) is 1. The van der Waals surface area contributed by atoms with Gasteiger partial charge in [-0.25, -0.2) is 0 Å². The second-order valence-electron chi connectivity index (χ2n) is 2.73. The lowest BCUT2D eigenvalue weighted by Crippen LogP contribution is -2.26. The van der Waals surface area contributed by atoms with Gasteiger partial charge in [0.25, 0.3) is 0 Å². The molecule has 3 N–H and O–H groups in total. The molecule has 0 aliphatic rings. The molecule has 0 aliphatic carbocycles. The first-order valence-corrected chi connectivity index (χ1v) is 5.67. The minimum atomic E-state index is -0.491. The summed E-state index contributed by atoms with van der Waals surface area (Å²) in [6.45, 7) is 1.82. The van der Waals surface area contributed by atoms with Crippen molar-refractivity contribution in [2.75, 3.05) is 6.61 Å². The van der Waals surface area contributed by atoms with E-state index in [1.807, 2.05) is 18.4 Å². The average Bonchev–Trinajstić information content (AvgIpc) is 2.50. The van der Waals surface area contributed by atoms with Gasteiger partial charge in [0, 0.05) is 9.35 Å². The van der Waals surface area contributed by atoms with E-state index in [0.29, 0.717) is 0 Å². The number of hydrogen-bond donors (Lipinski definition) is 2. The Morgan fingerprint density at radius 2 is 2.57 bits per heavy atom. The van der Waals surface area contributed by atoms with Crippen molar-refractivity contribution >= 4 is 33.2 Å². The van der Waals surface area contributed by atoms with E-state index in [-0.39, 0.29) is 12.6 Å². The van der Waals surface area contributed by atoms with E-state index < -0.39 is 5.91 Å². The molecule has 0 saturated heterocycles. The van der Waals surface area contributed by atoms with Gasteiger partial charge in [0.05, 0.1) is 6.04 Å². The summed E-state index contributed by atoms with van der Waals surface area (Å²) in [5.74, 6) is -0.491. The normalized spacial score (nSPS) is 12.7. The van der Waals surface area contributed by atoms with Crippen LogP contribution in [-0.2, 0) is 9.63 Å². The number of rotatable bonds is 5. The van der Waals surface area contributed by atoms with Gasteiger partial charge >= 0.3 is 0 Å². The van der Waals surface area contributed by atoms with Crippen molar-refractivity contribution in [2.24, 2.45) is 5.73 Å². The minimum absolute atomic E-state index is 0.0312. The standard InChI is InChI=1S/C8H11BrN2O2S/c1-5(11-13-4-7(10)12)8-6(9)2-3-14-8/h2-3,5,11H,4H2,1H3,(H2,10,12). The fourth-order valence-corrected chi connectivity index (χ4v) is 2.62. The number of primary amides is 1. The molecule has 0 spiro atoms. The molecule has 0 radical (unpaired) electrons. The van der Waals surface area contributed by atoms with Gasteiger partial charge in [-0.2, -0.15) is 5.48 Å². The summed E-state index contributed by atoms with van der Waals surface area (Å²) in [7, 11) is 0. The number of halogens is 1. The van der Waals surface area contributed by atoms with E-state index in [1.165, 1.54) is 0 Å². The zero-order valence-corrected chi connectivity index (χ0v) is 10.0. The summed E-state index contributed by atoms with van der Waals surface area (Å²) in [4.78, 5) is 16.4. The van der Waals surface area contributed by atoms with Crippen molar-refractivity contribution in [3.05, 3.63) is 20.8 Å². The van der Waals surface area contributed by atoms with Gasteiger partial charge in [0.15, 0.2) is 0 Å². The lowest BCUT2D eigenvalue weighted by Gasteiger charge is -2.11. The Morgan fingerprint density at radius 3 is 3.07 bits per heavy atom. The van der Waals surface area contributed by atoms with Crippen molar-refractivity contribution in [3.63, 3.8) is 0 Å². The molecule has 1 amide bonds. The lowest BCUT2D eigenvalue weighted by molar-refractivity contribution is -0.125. The second kappa shape index (κ2) is 5.45. The predicted octanol–water partition coefficient (Wildman–Crippen LogP) is 1.58. The molecule has 1 heterocycles. The second-order valence-corrected chi connectivity index (χ2v) is 4.53. The number of hydrogen-bond acceptors (Lipinski definition) is 4. The molecule has 78 valence electrons. The summed E-state index contributed by atoms with van der Waals surface area (Å²) in [6.07, 6.45) is 0. The first kappa shape index (κ1) is 11.6. The quantitative estimate of drug-likeness (QED) is 0.804. The number of thiophene rings is 1. The highest BCUT2D eigenvalue weighted by molar-refractivity contribution is 9.10. The Labute approximate surface area is 94.5 Å². The highest BCUT2D eigenvalue weighted by atomic mass is 79.9. The zero-order chi connectivity index (χ0) is 10.6. The number of nitrogens with two attached hydrogens (primary N) is 1. The van der Waals surface area contributed by atoms with E-state index in [0.717, 1.165) is 9.35 Å². The van der Waals surface area contributed by atoms with Crippen molar-refractivity contribution < 1.29 is 9.63 Å². The van der Waals surface area contributed by atoms with Crippen LogP contribution < -0.4 is 11.2 Å². The van der Waals surface area contributed by atoms with Crippen LogP contribution in [0.5, 0.6) is 0 Å². The number of hydroxylamine groups is 1. The highest BCUT2D eigenvalue weighted by Crippen LogP contribution is 2.28. The van der Waals surface area contributed by atoms with Crippen molar-refractivity contribution in [1.29, 1.82) is 0 Å². The van der Waals surface area contributed by atoms with E-state index >= 15 is 0 Å². The third-order valence-corrected chi connectivity index (χ3v) is 3.57. The summed E-state index contributed by atoms with van der Waals surface area (Å²) < 4.78 is 1.03. The van der Waals surface area contributed by atoms with Crippen LogP contribution in [0.4, 0.5) is 0 Å². The maximum Gasteiger partial charge on any atom is 0.245 e. The van der Waals surface area contributed by atoms with Crippen LogP contribution in [0.3, 0.4) is 0 Å². The third kappa shape index (κ3) is 3.38. The molecule has 6 heteroatoms. The highest BCUT2D eigenvalue weighted by Gasteiger charge is 2.10. The van der Waals surface area contributed by atoms with Crippen LogP contribution >= 0.6 is 27.3 Å². The zero-order valence-electron chi connectivity index (χ0n) is 7.62. The Hall–Kier alpha value is -0.430. The molecule has 4 nitrogen and oxygen atoms in total. The third-order valence-electron chi connectivity index (χ3n) is 1.51. The number of carbonyl (C=O) groups excluding carboxylic acids is 1. The molecule has 1 unspecified atom stereocenters. The summed E-state index contributed by atoms with van der Waals surface area (Å²) in [5.41, 5.74) is 7.65. The molecule has 1 rings (SSSR count). The van der Waals surface area contributed by atoms with Gasteiger partial charge in [0.1, 0.15) is 6.61 Å². The SMILES string of the molecule is CC(NOCC(N)=O)c1sccc1Br. The molecule has 1 aromatic rings. The predicted molar refractivity (Wildman–Crippen MR) is 58.7 cm³/mol. The smallest absolute Gasteiger partial charge is 0.245 e. The van der Waals surface area contributed by atoms with Crippen molar-refractivity contribution in [2.45, 2.75) is 13.0 Å². The molecule has 0 bridgehead atoms. The maximum atomic E-state index is 10.4. The van der Waals surface area contributed by atoms with Gasteiger partial charge in [-0.3, -0.25) is 9.63 Å². The van der Waals surface area contributed by atoms with Crippen LogP contribution in [0, 0.1) is 0 Å².